The number of ether oxygens (including phenoxy) is 2. The molecule has 2 N–H and O–H groups in total. The molecule has 0 bridgehead atoms. The van der Waals surface area contributed by atoms with E-state index in [0.717, 1.165) is 37.7 Å². The molecule has 0 unspecified atom stereocenters. The molecular formula is C20H25N3O2S. The van der Waals surface area contributed by atoms with Gasteiger partial charge in [-0.05, 0) is 42.0 Å². The zero-order chi connectivity index (χ0) is 18.2. The van der Waals surface area contributed by atoms with Gasteiger partial charge in [0.05, 0.1) is 19.8 Å². The number of hydrogen-bond acceptors (Lipinski definition) is 4. The summed E-state index contributed by atoms with van der Waals surface area (Å²) in [6.07, 6.45) is 0.128. The SMILES string of the molecule is COc1ccc(NC(=S)NC[C@H]2CN(Cc3ccccc3)CCO2)cc1. The topological polar surface area (TPSA) is 45.8 Å². The molecule has 3 rings (SSSR count). The molecular weight excluding hydrogens is 346 g/mol. The maximum atomic E-state index is 5.87. The summed E-state index contributed by atoms with van der Waals surface area (Å²) < 4.78 is 11.0. The molecule has 26 heavy (non-hydrogen) atoms. The largest absolute Gasteiger partial charge is 0.497 e. The van der Waals surface area contributed by atoms with Crippen LogP contribution in [0.4, 0.5) is 5.69 Å². The average molecular weight is 372 g/mol. The van der Waals surface area contributed by atoms with Gasteiger partial charge in [0.2, 0.25) is 0 Å². The molecule has 0 aromatic heterocycles. The van der Waals surface area contributed by atoms with E-state index in [1.165, 1.54) is 5.56 Å². The van der Waals surface area contributed by atoms with Gasteiger partial charge >= 0.3 is 0 Å². The molecule has 5 nitrogen and oxygen atoms in total. The monoisotopic (exact) mass is 371 g/mol. The van der Waals surface area contributed by atoms with Crippen LogP contribution in [0.5, 0.6) is 5.75 Å². The molecule has 1 heterocycles. The van der Waals surface area contributed by atoms with Gasteiger partial charge < -0.3 is 20.1 Å². The molecule has 1 fully saturated rings. The van der Waals surface area contributed by atoms with E-state index in [9.17, 15) is 0 Å². The van der Waals surface area contributed by atoms with Crippen molar-refractivity contribution in [3.8, 4) is 5.75 Å². The summed E-state index contributed by atoms with van der Waals surface area (Å²) in [6, 6.07) is 18.2. The normalized spacial score (nSPS) is 17.5. The molecule has 6 heteroatoms. The van der Waals surface area contributed by atoms with Crippen LogP contribution < -0.4 is 15.4 Å². The lowest BCUT2D eigenvalue weighted by atomic mass is 10.2. The lowest BCUT2D eigenvalue weighted by molar-refractivity contribution is -0.0279. The van der Waals surface area contributed by atoms with E-state index in [1.54, 1.807) is 7.11 Å². The summed E-state index contributed by atoms with van der Waals surface area (Å²) in [4.78, 5) is 2.42. The standard InChI is InChI=1S/C20H25N3O2S/c1-24-18-9-7-17(8-10-18)22-20(26)21-13-19-15-23(11-12-25-19)14-16-5-3-2-4-6-16/h2-10,19H,11-15H2,1H3,(H2,21,22,26)/t19-/m0/s1. The van der Waals surface area contributed by atoms with Gasteiger partial charge in [0.15, 0.2) is 5.11 Å². The molecule has 0 radical (unpaired) electrons. The summed E-state index contributed by atoms with van der Waals surface area (Å²) >= 11 is 5.38. The molecule has 1 saturated heterocycles. The van der Waals surface area contributed by atoms with E-state index < -0.39 is 0 Å². The lowest BCUT2D eigenvalue weighted by Crippen LogP contribution is -2.47. The van der Waals surface area contributed by atoms with Gasteiger partial charge in [-0.15, -0.1) is 0 Å². The van der Waals surface area contributed by atoms with Crippen LogP contribution in [0.15, 0.2) is 54.6 Å². The molecule has 1 aliphatic rings. The fourth-order valence-electron chi connectivity index (χ4n) is 2.95. The highest BCUT2D eigenvalue weighted by molar-refractivity contribution is 7.80. The first-order chi connectivity index (χ1) is 12.7. The number of rotatable bonds is 6. The van der Waals surface area contributed by atoms with Gasteiger partial charge in [0, 0.05) is 31.9 Å². The first-order valence-electron chi connectivity index (χ1n) is 8.80. The summed E-state index contributed by atoms with van der Waals surface area (Å²) in [5, 5.41) is 7.03. The van der Waals surface area contributed by atoms with Crippen LogP contribution in [-0.4, -0.2) is 49.5 Å². The van der Waals surface area contributed by atoms with Crippen LogP contribution in [0.25, 0.3) is 0 Å². The van der Waals surface area contributed by atoms with Gasteiger partial charge in [-0.3, -0.25) is 4.90 Å². The van der Waals surface area contributed by atoms with Crippen molar-refractivity contribution in [3.05, 3.63) is 60.2 Å². The van der Waals surface area contributed by atoms with Crippen molar-refractivity contribution >= 4 is 23.0 Å². The Labute approximate surface area is 160 Å². The fraction of sp³-hybridized carbons (Fsp3) is 0.350. The zero-order valence-corrected chi connectivity index (χ0v) is 15.8. The number of methoxy groups -OCH3 is 1. The third-order valence-corrected chi connectivity index (χ3v) is 4.56. The smallest absolute Gasteiger partial charge is 0.170 e. The number of thiocarbonyl (C=S) groups is 1. The van der Waals surface area contributed by atoms with Gasteiger partial charge in [-0.2, -0.15) is 0 Å². The predicted octanol–water partition coefficient (Wildman–Crippen LogP) is 2.88. The minimum atomic E-state index is 0.128. The lowest BCUT2D eigenvalue weighted by Gasteiger charge is -2.33. The highest BCUT2D eigenvalue weighted by Gasteiger charge is 2.20. The van der Waals surface area contributed by atoms with Crippen molar-refractivity contribution in [2.75, 3.05) is 38.7 Å². The van der Waals surface area contributed by atoms with Crippen molar-refractivity contribution in [2.45, 2.75) is 12.6 Å². The van der Waals surface area contributed by atoms with E-state index in [2.05, 4.69) is 39.8 Å². The first-order valence-corrected chi connectivity index (χ1v) is 9.20. The molecule has 0 amide bonds. The third kappa shape index (κ3) is 5.69. The van der Waals surface area contributed by atoms with Crippen LogP contribution in [0.2, 0.25) is 0 Å². The number of morpholine rings is 1. The highest BCUT2D eigenvalue weighted by atomic mass is 32.1. The van der Waals surface area contributed by atoms with E-state index in [-0.39, 0.29) is 6.10 Å². The second-order valence-electron chi connectivity index (χ2n) is 6.28. The number of hydrogen-bond donors (Lipinski definition) is 2. The Balaban J connectivity index is 1.42. The van der Waals surface area contributed by atoms with Crippen LogP contribution >= 0.6 is 12.2 Å². The molecule has 0 aliphatic carbocycles. The zero-order valence-electron chi connectivity index (χ0n) is 15.0. The third-order valence-electron chi connectivity index (χ3n) is 4.31. The van der Waals surface area contributed by atoms with Gasteiger partial charge in [0.25, 0.3) is 0 Å². The first kappa shape index (κ1) is 18.6. The molecule has 1 atom stereocenters. The highest BCUT2D eigenvalue weighted by Crippen LogP contribution is 2.15. The fourth-order valence-corrected chi connectivity index (χ4v) is 3.15. The second kappa shape index (κ2) is 9.52. The number of benzene rings is 2. The summed E-state index contributed by atoms with van der Waals surface area (Å²) in [7, 11) is 1.65. The van der Waals surface area contributed by atoms with Crippen molar-refractivity contribution in [2.24, 2.45) is 0 Å². The van der Waals surface area contributed by atoms with E-state index >= 15 is 0 Å². The molecule has 0 spiro atoms. The van der Waals surface area contributed by atoms with Gasteiger partial charge in [-0.25, -0.2) is 0 Å². The Morgan fingerprint density at radius 3 is 2.69 bits per heavy atom. The Bertz CT molecular complexity index is 694. The van der Waals surface area contributed by atoms with Crippen LogP contribution in [0.3, 0.4) is 0 Å². The van der Waals surface area contributed by atoms with Gasteiger partial charge in [-0.1, -0.05) is 30.3 Å². The number of nitrogens with one attached hydrogen (secondary N) is 2. The minimum Gasteiger partial charge on any atom is -0.497 e. The summed E-state index contributed by atoms with van der Waals surface area (Å²) in [5.74, 6) is 0.823. The van der Waals surface area contributed by atoms with Crippen LogP contribution in [-0.2, 0) is 11.3 Å². The van der Waals surface area contributed by atoms with Crippen molar-refractivity contribution < 1.29 is 9.47 Å². The Kier molecular flexibility index (Phi) is 6.82. The molecule has 0 saturated carbocycles. The van der Waals surface area contributed by atoms with Crippen molar-refractivity contribution in [3.63, 3.8) is 0 Å². The number of nitrogens with zero attached hydrogens (tertiary/aromatic N) is 1. The molecule has 2 aromatic rings. The predicted molar refractivity (Wildman–Crippen MR) is 109 cm³/mol. The molecule has 2 aromatic carbocycles. The Morgan fingerprint density at radius 2 is 1.96 bits per heavy atom. The van der Waals surface area contributed by atoms with E-state index in [4.69, 9.17) is 21.7 Å². The second-order valence-corrected chi connectivity index (χ2v) is 6.69. The average Bonchev–Trinajstić information content (AvgIpc) is 2.68. The Hall–Kier alpha value is -2.15. The van der Waals surface area contributed by atoms with Crippen molar-refractivity contribution in [1.29, 1.82) is 0 Å². The summed E-state index contributed by atoms with van der Waals surface area (Å²) in [5.41, 5.74) is 2.26. The Morgan fingerprint density at radius 1 is 1.19 bits per heavy atom. The maximum Gasteiger partial charge on any atom is 0.170 e. The molecule has 138 valence electrons. The molecule has 1 aliphatic heterocycles. The van der Waals surface area contributed by atoms with Crippen LogP contribution in [0, 0.1) is 0 Å². The summed E-state index contributed by atoms with van der Waals surface area (Å²) in [6.45, 7) is 4.24. The minimum absolute atomic E-state index is 0.128. The van der Waals surface area contributed by atoms with Gasteiger partial charge in [0.1, 0.15) is 5.75 Å². The van der Waals surface area contributed by atoms with Crippen molar-refractivity contribution in [1.82, 2.24) is 10.2 Å². The maximum absolute atomic E-state index is 5.87. The number of anilines is 1. The quantitative estimate of drug-likeness (QED) is 0.762. The van der Waals surface area contributed by atoms with E-state index in [1.807, 2.05) is 30.3 Å². The van der Waals surface area contributed by atoms with Crippen LogP contribution in [0.1, 0.15) is 5.56 Å². The van der Waals surface area contributed by atoms with E-state index in [0.29, 0.717) is 11.7 Å².